The van der Waals surface area contributed by atoms with Crippen LogP contribution in [0.1, 0.15) is 92.4 Å². The molecule has 0 rings (SSSR count). The molecule has 0 aliphatic heterocycles. The van der Waals surface area contributed by atoms with Crippen LogP contribution in [0, 0.1) is 11.8 Å². The smallest absolute Gasteiger partial charge is 0.320 e. The zero-order chi connectivity index (χ0) is 21.2. The van der Waals surface area contributed by atoms with Gasteiger partial charge in [-0.3, -0.25) is 9.59 Å². The van der Waals surface area contributed by atoms with Crippen LogP contribution in [0.4, 0.5) is 0 Å². The number of hydrogen-bond donors (Lipinski definition) is 4. The van der Waals surface area contributed by atoms with E-state index in [0.29, 0.717) is 0 Å². The highest BCUT2D eigenvalue weighted by Gasteiger charge is 2.19. The molecule has 0 aromatic rings. The van der Waals surface area contributed by atoms with Gasteiger partial charge < -0.3 is 21.3 Å². The lowest BCUT2D eigenvalue weighted by molar-refractivity contribution is -0.141. The number of carbonyl (C=O) groups is 2. The lowest BCUT2D eigenvalue weighted by Crippen LogP contribution is -2.41. The molecule has 2 atom stereocenters. The van der Waals surface area contributed by atoms with Gasteiger partial charge in [0.1, 0.15) is 12.1 Å². The van der Waals surface area contributed by atoms with Crippen LogP contribution in [-0.4, -0.2) is 40.8 Å². The highest BCUT2D eigenvalue weighted by atomic mass is 16.4. The van der Waals surface area contributed by atoms with Gasteiger partial charge in [0.2, 0.25) is 0 Å². The molecule has 0 saturated heterocycles. The molecule has 0 aliphatic rings. The quantitative estimate of drug-likeness (QED) is 0.312. The maximum atomic E-state index is 11.0. The molecule has 0 aromatic heterocycles. The van der Waals surface area contributed by atoms with Crippen LogP contribution in [0.15, 0.2) is 0 Å². The largest absolute Gasteiger partial charge is 0.480 e. The topological polar surface area (TPSA) is 113 Å². The second-order valence-electron chi connectivity index (χ2n) is 7.95. The molecule has 0 amide bonds. The number of unbranched alkanes of at least 4 members (excludes halogenated alkanes) is 8. The summed E-state index contributed by atoms with van der Waals surface area (Å²) in [6, 6.07) is -1.11. The Morgan fingerprint density at radius 3 is 1.52 bits per heavy atom. The summed E-state index contributed by atoms with van der Waals surface area (Å²) >= 11 is 0. The van der Waals surface area contributed by atoms with Gasteiger partial charge in [0.05, 0.1) is 0 Å². The first-order valence-electron chi connectivity index (χ1n) is 10.6. The summed E-state index contributed by atoms with van der Waals surface area (Å²) in [5, 5.41) is 20.4. The highest BCUT2D eigenvalue weighted by Crippen LogP contribution is 2.09. The molecule has 0 unspecified atom stereocenters. The van der Waals surface area contributed by atoms with Crippen LogP contribution in [0.3, 0.4) is 0 Å². The third kappa shape index (κ3) is 18.0. The van der Waals surface area contributed by atoms with Crippen LogP contribution in [0.2, 0.25) is 0 Å². The normalized spacial score (nSPS) is 13.2. The van der Waals surface area contributed by atoms with Crippen molar-refractivity contribution in [2.45, 2.75) is 104 Å². The van der Waals surface area contributed by atoms with Gasteiger partial charge in [0.15, 0.2) is 0 Å². The Morgan fingerprint density at radius 1 is 0.778 bits per heavy atom. The predicted octanol–water partition coefficient (Wildman–Crippen LogP) is 4.27. The van der Waals surface area contributed by atoms with Crippen LogP contribution in [0.25, 0.3) is 0 Å². The Balaban J connectivity index is 0. The van der Waals surface area contributed by atoms with Gasteiger partial charge in [-0.15, -0.1) is 0 Å². The number of carboxylic acid groups (broad SMARTS) is 2. The number of nitrogens with two attached hydrogens (primary N) is 1. The predicted molar refractivity (Wildman–Crippen MR) is 112 cm³/mol. The summed E-state index contributed by atoms with van der Waals surface area (Å²) < 4.78 is 0. The van der Waals surface area contributed by atoms with Crippen LogP contribution in [-0.2, 0) is 9.59 Å². The van der Waals surface area contributed by atoms with E-state index in [-0.39, 0.29) is 11.8 Å². The van der Waals surface area contributed by atoms with E-state index >= 15 is 0 Å². The molecule has 5 N–H and O–H groups in total. The van der Waals surface area contributed by atoms with Crippen molar-refractivity contribution in [1.29, 1.82) is 0 Å². The third-order valence-corrected chi connectivity index (χ3v) is 4.58. The first kappa shape index (κ1) is 28.1. The molecule has 0 bridgehead atoms. The van der Waals surface area contributed by atoms with Crippen molar-refractivity contribution < 1.29 is 19.8 Å². The molecule has 27 heavy (non-hydrogen) atoms. The van der Waals surface area contributed by atoms with Gasteiger partial charge in [-0.05, 0) is 24.8 Å². The molecule has 162 valence electrons. The van der Waals surface area contributed by atoms with Crippen molar-refractivity contribution in [2.75, 3.05) is 6.54 Å². The van der Waals surface area contributed by atoms with Crippen LogP contribution >= 0.6 is 0 Å². The summed E-state index contributed by atoms with van der Waals surface area (Å²) in [7, 11) is 0. The van der Waals surface area contributed by atoms with Crippen molar-refractivity contribution >= 4 is 11.9 Å². The summed E-state index contributed by atoms with van der Waals surface area (Å²) in [5.41, 5.74) is 5.16. The SMILES string of the molecule is CC(C)[C@H](N)C(=O)O.CCCCCCCCCCCN[C@H](C(=O)O)C(C)C. The van der Waals surface area contributed by atoms with Crippen molar-refractivity contribution in [3.63, 3.8) is 0 Å². The first-order valence-corrected chi connectivity index (χ1v) is 10.6. The van der Waals surface area contributed by atoms with E-state index < -0.39 is 24.0 Å². The lowest BCUT2D eigenvalue weighted by atomic mass is 10.0. The summed E-state index contributed by atoms with van der Waals surface area (Å²) in [6.45, 7) is 10.5. The van der Waals surface area contributed by atoms with Crippen molar-refractivity contribution in [1.82, 2.24) is 5.32 Å². The fraction of sp³-hybridized carbons (Fsp3) is 0.905. The molecule has 0 heterocycles. The molecule has 0 saturated carbocycles. The zero-order valence-electron chi connectivity index (χ0n) is 18.2. The van der Waals surface area contributed by atoms with Gasteiger partial charge in [-0.2, -0.15) is 0 Å². The Kier molecular flexibility index (Phi) is 19.0. The van der Waals surface area contributed by atoms with Gasteiger partial charge in [-0.25, -0.2) is 0 Å². The van der Waals surface area contributed by atoms with E-state index in [1.165, 1.54) is 51.4 Å². The van der Waals surface area contributed by atoms with E-state index in [1.54, 1.807) is 13.8 Å². The summed E-state index contributed by atoms with van der Waals surface area (Å²) in [6.07, 6.45) is 11.7. The highest BCUT2D eigenvalue weighted by molar-refractivity contribution is 5.73. The standard InChI is InChI=1S/C16H33NO2.C5H11NO2/c1-4-5-6-7-8-9-10-11-12-13-17-15(14(2)3)16(18)19;1-3(2)4(6)5(7)8/h14-15,17H,4-13H2,1-3H3,(H,18,19);3-4H,6H2,1-2H3,(H,7,8)/t15-;4-/m00/s1. The molecule has 0 aromatic carbocycles. The maximum Gasteiger partial charge on any atom is 0.320 e. The van der Waals surface area contributed by atoms with Gasteiger partial charge in [-0.1, -0.05) is 86.0 Å². The molecule has 6 nitrogen and oxygen atoms in total. The van der Waals surface area contributed by atoms with E-state index in [0.717, 1.165) is 13.0 Å². The third-order valence-electron chi connectivity index (χ3n) is 4.58. The second-order valence-corrected chi connectivity index (χ2v) is 7.95. The van der Waals surface area contributed by atoms with E-state index in [2.05, 4.69) is 12.2 Å². The van der Waals surface area contributed by atoms with Crippen molar-refractivity contribution in [3.8, 4) is 0 Å². The number of carboxylic acids is 2. The van der Waals surface area contributed by atoms with Crippen molar-refractivity contribution in [3.05, 3.63) is 0 Å². The minimum atomic E-state index is -0.931. The molecule has 0 fully saturated rings. The minimum Gasteiger partial charge on any atom is -0.480 e. The van der Waals surface area contributed by atoms with Gasteiger partial charge in [0, 0.05) is 0 Å². The molecule has 0 spiro atoms. The second kappa shape index (κ2) is 18.2. The van der Waals surface area contributed by atoms with Gasteiger partial charge >= 0.3 is 11.9 Å². The number of hydrogen-bond acceptors (Lipinski definition) is 4. The summed E-state index contributed by atoms with van der Waals surface area (Å²) in [5.74, 6) is -1.49. The zero-order valence-corrected chi connectivity index (χ0v) is 18.2. The molecule has 6 heteroatoms. The average molecular weight is 389 g/mol. The average Bonchev–Trinajstić information content (AvgIpc) is 2.58. The van der Waals surface area contributed by atoms with E-state index in [1.807, 2.05) is 13.8 Å². The van der Waals surface area contributed by atoms with Crippen molar-refractivity contribution in [2.24, 2.45) is 17.6 Å². The lowest BCUT2D eigenvalue weighted by Gasteiger charge is -2.17. The fourth-order valence-electron chi connectivity index (χ4n) is 2.59. The Morgan fingerprint density at radius 2 is 1.22 bits per heavy atom. The van der Waals surface area contributed by atoms with Crippen LogP contribution < -0.4 is 11.1 Å². The van der Waals surface area contributed by atoms with E-state index in [9.17, 15) is 9.59 Å². The minimum absolute atomic E-state index is 0.0208. The maximum absolute atomic E-state index is 11.0. The Bertz CT molecular complexity index is 373. The molecule has 0 radical (unpaired) electrons. The number of rotatable bonds is 15. The first-order chi connectivity index (χ1) is 12.6. The molecule has 0 aliphatic carbocycles. The fourth-order valence-corrected chi connectivity index (χ4v) is 2.59. The summed E-state index contributed by atoms with van der Waals surface area (Å²) in [4.78, 5) is 21.0. The Hall–Kier alpha value is -1.14. The van der Waals surface area contributed by atoms with E-state index in [4.69, 9.17) is 15.9 Å². The number of aliphatic carboxylic acids is 2. The van der Waals surface area contributed by atoms with Crippen LogP contribution in [0.5, 0.6) is 0 Å². The number of nitrogens with one attached hydrogen (secondary N) is 1. The molecular weight excluding hydrogens is 344 g/mol. The monoisotopic (exact) mass is 388 g/mol. The van der Waals surface area contributed by atoms with Gasteiger partial charge in [0.25, 0.3) is 0 Å². The molecular formula is C21H44N2O4. The Labute approximate surface area is 166 Å².